The summed E-state index contributed by atoms with van der Waals surface area (Å²) in [5.74, 6) is 1.18. The van der Waals surface area contributed by atoms with Gasteiger partial charge in [0.15, 0.2) is 0 Å². The summed E-state index contributed by atoms with van der Waals surface area (Å²) < 4.78 is 5.54. The SMILES string of the molecule is COc1ccc(N(CCN(C)C)C(=O)C2CC2)cc1-c1ccc(Cl)cc1. The van der Waals surface area contributed by atoms with Gasteiger partial charge in [0.25, 0.3) is 0 Å². The normalized spacial score (nSPS) is 13.7. The number of anilines is 1. The molecule has 0 spiro atoms. The number of amides is 1. The van der Waals surface area contributed by atoms with Gasteiger partial charge in [0, 0.05) is 35.3 Å². The third-order valence-corrected chi connectivity index (χ3v) is 4.87. The van der Waals surface area contributed by atoms with Crippen molar-refractivity contribution < 1.29 is 9.53 Å². The first-order valence-electron chi connectivity index (χ1n) is 8.89. The van der Waals surface area contributed by atoms with Gasteiger partial charge in [-0.05, 0) is 62.8 Å². The van der Waals surface area contributed by atoms with Gasteiger partial charge in [0.2, 0.25) is 5.91 Å². The van der Waals surface area contributed by atoms with Crippen molar-refractivity contribution in [2.75, 3.05) is 39.2 Å². The van der Waals surface area contributed by atoms with Crippen LogP contribution in [0.1, 0.15) is 12.8 Å². The number of nitrogens with zero attached hydrogens (tertiary/aromatic N) is 2. The predicted octanol–water partition coefficient (Wildman–Crippen LogP) is 4.32. The van der Waals surface area contributed by atoms with Crippen LogP contribution in [-0.4, -0.2) is 45.1 Å². The molecular formula is C21H25ClN2O2. The number of ether oxygens (including phenoxy) is 1. The van der Waals surface area contributed by atoms with E-state index in [1.165, 1.54) is 0 Å². The van der Waals surface area contributed by atoms with E-state index in [2.05, 4.69) is 4.90 Å². The largest absolute Gasteiger partial charge is 0.496 e. The third-order valence-electron chi connectivity index (χ3n) is 4.61. The zero-order valence-electron chi connectivity index (χ0n) is 15.5. The second kappa shape index (κ2) is 8.11. The summed E-state index contributed by atoms with van der Waals surface area (Å²) in [5, 5.41) is 0.695. The molecule has 0 bridgehead atoms. The Morgan fingerprint density at radius 2 is 1.81 bits per heavy atom. The van der Waals surface area contributed by atoms with Crippen LogP contribution in [0.25, 0.3) is 11.1 Å². The maximum Gasteiger partial charge on any atom is 0.230 e. The molecule has 26 heavy (non-hydrogen) atoms. The molecule has 0 unspecified atom stereocenters. The lowest BCUT2D eigenvalue weighted by Gasteiger charge is -2.25. The number of benzene rings is 2. The van der Waals surface area contributed by atoms with Crippen LogP contribution >= 0.6 is 11.6 Å². The standard InChI is InChI=1S/C21H25ClN2O2/c1-23(2)12-13-24(21(25)16-4-5-16)18-10-11-20(26-3)19(14-18)15-6-8-17(22)9-7-15/h6-11,14,16H,4-5,12-13H2,1-3H3. The monoisotopic (exact) mass is 372 g/mol. The minimum atomic E-state index is 0.179. The van der Waals surface area contributed by atoms with E-state index in [0.29, 0.717) is 11.6 Å². The number of halogens is 1. The lowest BCUT2D eigenvalue weighted by atomic mass is 10.0. The van der Waals surface area contributed by atoms with E-state index >= 15 is 0 Å². The number of methoxy groups -OCH3 is 1. The summed E-state index contributed by atoms with van der Waals surface area (Å²) in [4.78, 5) is 16.8. The van der Waals surface area contributed by atoms with Gasteiger partial charge in [-0.3, -0.25) is 4.79 Å². The Labute approximate surface area is 160 Å². The molecule has 1 amide bonds. The van der Waals surface area contributed by atoms with Gasteiger partial charge >= 0.3 is 0 Å². The molecule has 1 aliphatic rings. The molecule has 1 aliphatic carbocycles. The van der Waals surface area contributed by atoms with Crippen molar-refractivity contribution in [3.8, 4) is 16.9 Å². The molecule has 4 nitrogen and oxygen atoms in total. The van der Waals surface area contributed by atoms with Crippen molar-refractivity contribution >= 4 is 23.2 Å². The molecule has 0 radical (unpaired) electrons. The molecule has 0 aromatic heterocycles. The van der Waals surface area contributed by atoms with Gasteiger partial charge in [-0.1, -0.05) is 23.7 Å². The van der Waals surface area contributed by atoms with Crippen LogP contribution in [0.3, 0.4) is 0 Å². The minimum Gasteiger partial charge on any atom is -0.496 e. The first-order chi connectivity index (χ1) is 12.5. The quantitative estimate of drug-likeness (QED) is 0.725. The minimum absolute atomic E-state index is 0.179. The van der Waals surface area contributed by atoms with Crippen LogP contribution in [0.15, 0.2) is 42.5 Å². The number of hydrogen-bond donors (Lipinski definition) is 0. The summed E-state index contributed by atoms with van der Waals surface area (Å²) in [6.07, 6.45) is 2.00. The number of hydrogen-bond acceptors (Lipinski definition) is 3. The van der Waals surface area contributed by atoms with E-state index in [9.17, 15) is 4.79 Å². The number of carbonyl (C=O) groups excluding carboxylic acids is 1. The van der Waals surface area contributed by atoms with Gasteiger partial charge in [0.05, 0.1) is 7.11 Å². The highest BCUT2D eigenvalue weighted by molar-refractivity contribution is 6.30. The maximum absolute atomic E-state index is 12.8. The molecule has 1 saturated carbocycles. The van der Waals surface area contributed by atoms with Crippen LogP contribution in [0.4, 0.5) is 5.69 Å². The van der Waals surface area contributed by atoms with Crippen LogP contribution < -0.4 is 9.64 Å². The fourth-order valence-corrected chi connectivity index (χ4v) is 3.06. The summed E-state index contributed by atoms with van der Waals surface area (Å²) in [6.45, 7) is 1.50. The lowest BCUT2D eigenvalue weighted by Crippen LogP contribution is -2.37. The second-order valence-electron chi connectivity index (χ2n) is 6.96. The Morgan fingerprint density at radius 1 is 1.12 bits per heavy atom. The fraction of sp³-hybridized carbons (Fsp3) is 0.381. The lowest BCUT2D eigenvalue weighted by molar-refractivity contribution is -0.119. The molecular weight excluding hydrogens is 348 g/mol. The van der Waals surface area contributed by atoms with E-state index in [0.717, 1.165) is 42.0 Å². The van der Waals surface area contributed by atoms with Crippen LogP contribution in [0.2, 0.25) is 5.02 Å². The number of likely N-dealkylation sites (N-methyl/N-ethyl adjacent to an activating group) is 1. The molecule has 0 N–H and O–H groups in total. The zero-order valence-corrected chi connectivity index (χ0v) is 16.3. The van der Waals surface area contributed by atoms with E-state index in [4.69, 9.17) is 16.3 Å². The van der Waals surface area contributed by atoms with Gasteiger partial charge in [0.1, 0.15) is 5.75 Å². The van der Waals surface area contributed by atoms with Gasteiger partial charge < -0.3 is 14.5 Å². The summed E-state index contributed by atoms with van der Waals surface area (Å²) in [7, 11) is 5.70. The van der Waals surface area contributed by atoms with Crippen LogP contribution in [0, 0.1) is 5.92 Å². The molecule has 0 heterocycles. The summed E-state index contributed by atoms with van der Waals surface area (Å²) in [5.41, 5.74) is 2.88. The molecule has 0 aliphatic heterocycles. The smallest absolute Gasteiger partial charge is 0.230 e. The van der Waals surface area contributed by atoms with Gasteiger partial charge in [-0.25, -0.2) is 0 Å². The van der Waals surface area contributed by atoms with Crippen molar-refractivity contribution in [2.45, 2.75) is 12.8 Å². The summed E-state index contributed by atoms with van der Waals surface area (Å²) in [6, 6.07) is 13.6. The van der Waals surface area contributed by atoms with Crippen molar-refractivity contribution in [2.24, 2.45) is 5.92 Å². The van der Waals surface area contributed by atoms with Crippen LogP contribution in [-0.2, 0) is 4.79 Å². The third kappa shape index (κ3) is 4.37. The average Bonchev–Trinajstić information content (AvgIpc) is 3.47. The predicted molar refractivity (Wildman–Crippen MR) is 107 cm³/mol. The maximum atomic E-state index is 12.8. The highest BCUT2D eigenvalue weighted by Crippen LogP contribution is 2.37. The first-order valence-corrected chi connectivity index (χ1v) is 9.27. The van der Waals surface area contributed by atoms with E-state index in [1.807, 2.05) is 61.5 Å². The van der Waals surface area contributed by atoms with Crippen molar-refractivity contribution in [3.63, 3.8) is 0 Å². The second-order valence-corrected chi connectivity index (χ2v) is 7.40. The Morgan fingerprint density at radius 3 is 2.38 bits per heavy atom. The first kappa shape index (κ1) is 18.7. The molecule has 0 atom stereocenters. The Balaban J connectivity index is 1.97. The average molecular weight is 373 g/mol. The molecule has 3 rings (SSSR count). The fourth-order valence-electron chi connectivity index (χ4n) is 2.94. The molecule has 2 aromatic rings. The van der Waals surface area contributed by atoms with Crippen molar-refractivity contribution in [1.29, 1.82) is 0 Å². The number of rotatable bonds is 7. The van der Waals surface area contributed by atoms with Gasteiger partial charge in [-0.15, -0.1) is 0 Å². The van der Waals surface area contributed by atoms with Crippen LogP contribution in [0.5, 0.6) is 5.75 Å². The van der Waals surface area contributed by atoms with E-state index in [-0.39, 0.29) is 11.8 Å². The molecule has 5 heteroatoms. The molecule has 138 valence electrons. The Bertz CT molecular complexity index is 770. The highest BCUT2D eigenvalue weighted by Gasteiger charge is 2.34. The van der Waals surface area contributed by atoms with E-state index < -0.39 is 0 Å². The highest BCUT2D eigenvalue weighted by atomic mass is 35.5. The van der Waals surface area contributed by atoms with E-state index in [1.54, 1.807) is 7.11 Å². The zero-order chi connectivity index (χ0) is 18.7. The molecule has 0 saturated heterocycles. The van der Waals surface area contributed by atoms with Crippen molar-refractivity contribution in [3.05, 3.63) is 47.5 Å². The number of carbonyl (C=O) groups is 1. The summed E-state index contributed by atoms with van der Waals surface area (Å²) >= 11 is 6.02. The molecule has 1 fully saturated rings. The topological polar surface area (TPSA) is 32.8 Å². The Hall–Kier alpha value is -2.04. The van der Waals surface area contributed by atoms with Gasteiger partial charge in [-0.2, -0.15) is 0 Å². The van der Waals surface area contributed by atoms with Crippen molar-refractivity contribution in [1.82, 2.24) is 4.90 Å². The molecule has 2 aromatic carbocycles. The Kier molecular flexibility index (Phi) is 5.84.